The number of para-hydroxylation sites is 1. The van der Waals surface area contributed by atoms with Gasteiger partial charge in [0.25, 0.3) is 15.7 Å². The molecular formula is C27H42N2O9SSi. The molecule has 13 heteroatoms. The van der Waals surface area contributed by atoms with Gasteiger partial charge in [0.1, 0.15) is 5.60 Å². The molecule has 2 saturated carbocycles. The number of hydrogen-bond acceptors (Lipinski definition) is 9. The molecule has 2 unspecified atom stereocenters. The molecule has 5 rings (SSSR count). The Morgan fingerprint density at radius 3 is 2.50 bits per heavy atom. The van der Waals surface area contributed by atoms with E-state index < -0.39 is 56.9 Å². The fraction of sp³-hybridized carbons (Fsp3) is 0.778. The molecule has 11 nitrogen and oxygen atoms in total. The summed E-state index contributed by atoms with van der Waals surface area (Å²) in [7, 11) is -7.07. The van der Waals surface area contributed by atoms with Gasteiger partial charge in [0.05, 0.1) is 11.0 Å². The Balaban J connectivity index is 1.47. The predicted octanol–water partition coefficient (Wildman–Crippen LogP) is 4.45. The highest BCUT2D eigenvalue weighted by atomic mass is 32.2. The Bertz CT molecular complexity index is 1250. The molecule has 0 radical (unpaired) electrons. The number of rotatable bonds is 9. The molecule has 2 bridgehead atoms. The molecular weight excluding hydrogens is 556 g/mol. The average Bonchev–Trinajstić information content (AvgIpc) is 3.41. The minimum Gasteiger partial charge on any atom is -0.368 e. The number of ether oxygens (including phenoxy) is 2. The quantitative estimate of drug-likeness (QED) is 0.239. The summed E-state index contributed by atoms with van der Waals surface area (Å²) in [5, 5.41) is 33.4. The van der Waals surface area contributed by atoms with Crippen LogP contribution >= 0.6 is 0 Å². The van der Waals surface area contributed by atoms with Crippen LogP contribution < -0.4 is 0 Å². The minimum atomic E-state index is -4.40. The Morgan fingerprint density at radius 2 is 1.90 bits per heavy atom. The third kappa shape index (κ3) is 4.31. The molecule has 224 valence electrons. The summed E-state index contributed by atoms with van der Waals surface area (Å²) in [4.78, 5) is 10.6. The van der Waals surface area contributed by atoms with E-state index in [9.17, 15) is 28.7 Å². The highest BCUT2D eigenvalue weighted by Gasteiger charge is 2.82. The van der Waals surface area contributed by atoms with Gasteiger partial charge in [-0.1, -0.05) is 43.8 Å². The van der Waals surface area contributed by atoms with Crippen LogP contribution in [0.1, 0.15) is 72.1 Å². The van der Waals surface area contributed by atoms with E-state index in [0.717, 1.165) is 23.7 Å². The first kappa shape index (κ1) is 30.0. The van der Waals surface area contributed by atoms with Crippen LogP contribution in [0.25, 0.3) is 0 Å². The van der Waals surface area contributed by atoms with E-state index in [1.165, 1.54) is 24.3 Å². The lowest BCUT2D eigenvalue weighted by Crippen LogP contribution is -2.56. The van der Waals surface area contributed by atoms with Crippen LogP contribution in [0.3, 0.4) is 0 Å². The first-order chi connectivity index (χ1) is 18.5. The zero-order valence-corrected chi connectivity index (χ0v) is 25.8. The summed E-state index contributed by atoms with van der Waals surface area (Å²) in [6, 6.07) is 5.32. The summed E-state index contributed by atoms with van der Waals surface area (Å²) in [6.07, 6.45) is 3.56. The SMILES string of the molecule is CC(C)(C)[Si](C)(C)ON(CCC[C@@]12[C@H]3CCC[C@@H]1OC(O)(C3)[C@@]21CCC(O)O1)S(=O)(=O)c1ccccc1[N+](=O)[O-]. The molecule has 2 saturated heterocycles. The van der Waals surface area contributed by atoms with E-state index in [4.69, 9.17) is 14.0 Å². The molecule has 1 spiro atoms. The number of nitro benzene ring substituents is 1. The summed E-state index contributed by atoms with van der Waals surface area (Å²) in [5.74, 6) is -1.36. The van der Waals surface area contributed by atoms with Gasteiger partial charge < -0.3 is 24.2 Å². The topological polar surface area (TPSA) is 149 Å². The van der Waals surface area contributed by atoms with Crippen molar-refractivity contribution >= 4 is 24.0 Å². The number of aliphatic hydroxyl groups is 2. The number of aliphatic hydroxyl groups excluding tert-OH is 1. The number of hydrogen-bond donors (Lipinski definition) is 2. The lowest BCUT2D eigenvalue weighted by molar-refractivity contribution is -0.387. The van der Waals surface area contributed by atoms with Crippen molar-refractivity contribution in [1.29, 1.82) is 0 Å². The Hall–Kier alpha value is -1.45. The molecule has 6 atom stereocenters. The number of hydroxylamine groups is 1. The highest BCUT2D eigenvalue weighted by molar-refractivity contribution is 7.89. The van der Waals surface area contributed by atoms with Gasteiger partial charge in [-0.15, -0.1) is 0 Å². The number of nitro groups is 1. The van der Waals surface area contributed by atoms with Gasteiger partial charge in [-0.3, -0.25) is 10.1 Å². The number of nitrogens with zero attached hydrogens (tertiary/aromatic N) is 2. The smallest absolute Gasteiger partial charge is 0.289 e. The second-order valence-electron chi connectivity index (χ2n) is 13.4. The van der Waals surface area contributed by atoms with Gasteiger partial charge in [-0.25, -0.2) is 8.42 Å². The summed E-state index contributed by atoms with van der Waals surface area (Å²) < 4.78 is 47.7. The maximum absolute atomic E-state index is 14.0. The van der Waals surface area contributed by atoms with Gasteiger partial charge in [0.2, 0.25) is 8.32 Å². The molecule has 1 aromatic carbocycles. The van der Waals surface area contributed by atoms with E-state index >= 15 is 0 Å². The second-order valence-corrected chi connectivity index (χ2v) is 19.9. The first-order valence-electron chi connectivity index (χ1n) is 14.2. The van der Waals surface area contributed by atoms with Gasteiger partial charge in [-0.05, 0) is 62.2 Å². The van der Waals surface area contributed by atoms with Gasteiger partial charge in [-0.2, -0.15) is 0 Å². The first-order valence-corrected chi connectivity index (χ1v) is 18.6. The maximum Gasteiger partial charge on any atom is 0.289 e. The molecule has 40 heavy (non-hydrogen) atoms. The lowest BCUT2D eigenvalue weighted by Gasteiger charge is -2.48. The zero-order valence-electron chi connectivity index (χ0n) is 24.0. The van der Waals surface area contributed by atoms with Crippen molar-refractivity contribution in [3.05, 3.63) is 34.4 Å². The van der Waals surface area contributed by atoms with Crippen LogP contribution in [0.4, 0.5) is 5.69 Å². The van der Waals surface area contributed by atoms with E-state index in [0.29, 0.717) is 32.1 Å². The molecule has 0 aromatic heterocycles. The fourth-order valence-corrected chi connectivity index (χ4v) is 10.6. The van der Waals surface area contributed by atoms with Crippen LogP contribution in [0.2, 0.25) is 18.1 Å². The number of benzene rings is 1. The van der Waals surface area contributed by atoms with Crippen molar-refractivity contribution in [2.75, 3.05) is 6.54 Å². The van der Waals surface area contributed by atoms with Crippen LogP contribution in [-0.2, 0) is 24.0 Å². The Labute approximate surface area is 237 Å². The monoisotopic (exact) mass is 598 g/mol. The second kappa shape index (κ2) is 9.80. The molecule has 4 aliphatic rings. The van der Waals surface area contributed by atoms with Crippen molar-refractivity contribution < 1.29 is 37.6 Å². The molecule has 2 heterocycles. The largest absolute Gasteiger partial charge is 0.368 e. The highest BCUT2D eigenvalue weighted by Crippen LogP contribution is 2.74. The van der Waals surface area contributed by atoms with E-state index in [2.05, 4.69) is 0 Å². The summed E-state index contributed by atoms with van der Waals surface area (Å²) in [5.41, 5.74) is -2.11. The lowest BCUT2D eigenvalue weighted by atomic mass is 9.58. The van der Waals surface area contributed by atoms with Crippen molar-refractivity contribution in [2.45, 2.75) is 119 Å². The van der Waals surface area contributed by atoms with Gasteiger partial charge in [0.15, 0.2) is 17.0 Å². The number of sulfonamides is 1. The molecule has 1 aromatic rings. The molecule has 4 fully saturated rings. The van der Waals surface area contributed by atoms with Crippen molar-refractivity contribution in [1.82, 2.24) is 4.47 Å². The van der Waals surface area contributed by atoms with E-state index in [-0.39, 0.29) is 23.6 Å². The van der Waals surface area contributed by atoms with Crippen LogP contribution in [0.15, 0.2) is 29.2 Å². The van der Waals surface area contributed by atoms with Gasteiger partial charge in [0, 0.05) is 30.9 Å². The third-order valence-corrected chi connectivity index (χ3v) is 16.4. The van der Waals surface area contributed by atoms with Crippen LogP contribution in [0.5, 0.6) is 0 Å². The Kier molecular flexibility index (Phi) is 7.35. The van der Waals surface area contributed by atoms with E-state index in [1.54, 1.807) is 0 Å². The average molecular weight is 599 g/mol. The van der Waals surface area contributed by atoms with Crippen LogP contribution in [-0.4, -0.2) is 66.7 Å². The van der Waals surface area contributed by atoms with Crippen LogP contribution in [0, 0.1) is 21.4 Å². The van der Waals surface area contributed by atoms with Crippen molar-refractivity contribution in [2.24, 2.45) is 11.3 Å². The summed E-state index contributed by atoms with van der Waals surface area (Å²) >= 11 is 0. The molecule has 2 aliphatic carbocycles. The zero-order chi connectivity index (χ0) is 29.4. The van der Waals surface area contributed by atoms with Crippen molar-refractivity contribution in [3.63, 3.8) is 0 Å². The summed E-state index contributed by atoms with van der Waals surface area (Å²) in [6.45, 7) is 9.83. The fourth-order valence-electron chi connectivity index (χ4n) is 7.52. The third-order valence-electron chi connectivity index (χ3n) is 10.3. The molecule has 2 aliphatic heterocycles. The predicted molar refractivity (Wildman–Crippen MR) is 148 cm³/mol. The molecule has 2 N–H and O–H groups in total. The van der Waals surface area contributed by atoms with E-state index in [1.807, 2.05) is 33.9 Å². The minimum absolute atomic E-state index is 0.0286. The maximum atomic E-state index is 14.0. The standard InChI is InChI=1S/C27H42N2O9SSi/c1-24(2,3)40(4,5)38-28(39(34,35)21-12-7-6-11-20(21)29(32)33)17-9-15-25-19-10-8-13-22(25)36-27(31,18-19)26(25)16-14-23(30)37-26/h6-7,11-12,19,22-23,30-31H,8-10,13-18H2,1-5H3/t19-,22-,23?,25+,26+,27?/m0/s1. The van der Waals surface area contributed by atoms with Crippen molar-refractivity contribution in [3.8, 4) is 0 Å². The van der Waals surface area contributed by atoms with Gasteiger partial charge >= 0.3 is 0 Å². The Morgan fingerprint density at radius 1 is 1.20 bits per heavy atom. The normalized spacial score (nSPS) is 35.6. The molecule has 0 amide bonds.